The second-order valence-electron chi connectivity index (χ2n) is 5.73. The predicted octanol–water partition coefficient (Wildman–Crippen LogP) is 2.93. The average molecular weight is 293 g/mol. The van der Waals surface area contributed by atoms with Crippen LogP contribution in [0.15, 0.2) is 6.07 Å². The molecule has 1 aromatic carbocycles. The van der Waals surface area contributed by atoms with Crippen LogP contribution in [0.3, 0.4) is 0 Å². The molecule has 1 aliphatic rings. The van der Waals surface area contributed by atoms with Crippen LogP contribution in [0.5, 0.6) is 11.5 Å². The second-order valence-corrected chi connectivity index (χ2v) is 5.73. The Balaban J connectivity index is 2.37. The molecule has 0 bridgehead atoms. The number of benzene rings is 1. The first kappa shape index (κ1) is 15.2. The number of aldehydes is 1. The summed E-state index contributed by atoms with van der Waals surface area (Å²) >= 11 is 0. The summed E-state index contributed by atoms with van der Waals surface area (Å²) in [5, 5.41) is 2.64. The first-order chi connectivity index (χ1) is 9.81. The predicted molar refractivity (Wildman–Crippen MR) is 77.4 cm³/mol. The minimum Gasteiger partial charge on any atom is -0.486 e. The van der Waals surface area contributed by atoms with E-state index in [9.17, 15) is 9.59 Å². The fraction of sp³-hybridized carbons (Fsp3) is 0.467. The summed E-state index contributed by atoms with van der Waals surface area (Å²) in [5.74, 6) is 0.871. The Hall–Kier alpha value is -2.24. The van der Waals surface area contributed by atoms with Crippen LogP contribution < -0.4 is 14.8 Å². The molecule has 0 spiro atoms. The molecule has 1 aromatic rings. The number of anilines is 1. The minimum absolute atomic E-state index is 0.385. The van der Waals surface area contributed by atoms with Crippen LogP contribution in [0.1, 0.15) is 36.7 Å². The van der Waals surface area contributed by atoms with Crippen molar-refractivity contribution in [3.63, 3.8) is 0 Å². The summed E-state index contributed by atoms with van der Waals surface area (Å²) in [6, 6.07) is 1.61. The van der Waals surface area contributed by atoms with E-state index in [1.807, 2.05) is 0 Å². The van der Waals surface area contributed by atoms with Crippen molar-refractivity contribution in [2.45, 2.75) is 33.3 Å². The van der Waals surface area contributed by atoms with E-state index in [1.165, 1.54) is 0 Å². The lowest BCUT2D eigenvalue weighted by Gasteiger charge is -2.25. The summed E-state index contributed by atoms with van der Waals surface area (Å²) < 4.78 is 16.2. The number of hydrogen-bond donors (Lipinski definition) is 1. The van der Waals surface area contributed by atoms with Crippen LogP contribution >= 0.6 is 0 Å². The van der Waals surface area contributed by atoms with Gasteiger partial charge in [-0.25, -0.2) is 4.79 Å². The van der Waals surface area contributed by atoms with Crippen LogP contribution in [-0.2, 0) is 4.74 Å². The number of nitrogens with one attached hydrogen (secondary N) is 1. The van der Waals surface area contributed by atoms with Gasteiger partial charge in [0, 0.05) is 5.56 Å². The molecule has 0 aromatic heterocycles. The SMILES string of the molecule is Cc1c(C=O)cc2c(c1NC(=O)OC(C)(C)C)OCCO2. The second kappa shape index (κ2) is 5.63. The highest BCUT2D eigenvalue weighted by atomic mass is 16.6. The van der Waals surface area contributed by atoms with Crippen LogP contribution in [0.2, 0.25) is 0 Å². The van der Waals surface area contributed by atoms with E-state index in [0.29, 0.717) is 47.8 Å². The molecule has 6 heteroatoms. The van der Waals surface area contributed by atoms with E-state index in [4.69, 9.17) is 14.2 Å². The Bertz CT molecular complexity index is 574. The highest BCUT2D eigenvalue weighted by molar-refractivity contribution is 5.93. The maximum Gasteiger partial charge on any atom is 0.412 e. The lowest BCUT2D eigenvalue weighted by molar-refractivity contribution is 0.0634. The van der Waals surface area contributed by atoms with Gasteiger partial charge in [-0.15, -0.1) is 0 Å². The molecule has 0 saturated carbocycles. The number of fused-ring (bicyclic) bond motifs is 1. The van der Waals surface area contributed by atoms with Crippen molar-refractivity contribution in [2.24, 2.45) is 0 Å². The van der Waals surface area contributed by atoms with E-state index in [-0.39, 0.29) is 0 Å². The molecule has 0 radical (unpaired) electrons. The third-order valence-electron chi connectivity index (χ3n) is 2.89. The molecule has 6 nitrogen and oxygen atoms in total. The summed E-state index contributed by atoms with van der Waals surface area (Å²) in [6.07, 6.45) is 0.110. The van der Waals surface area contributed by atoms with Crippen LogP contribution in [0.4, 0.5) is 10.5 Å². The molecule has 114 valence electrons. The number of hydrogen-bond acceptors (Lipinski definition) is 5. The Labute approximate surface area is 123 Å². The summed E-state index contributed by atoms with van der Waals surface area (Å²) in [5.41, 5.74) is 0.839. The molecule has 1 N–H and O–H groups in total. The third-order valence-corrected chi connectivity index (χ3v) is 2.89. The molecular weight excluding hydrogens is 274 g/mol. The van der Waals surface area contributed by atoms with E-state index < -0.39 is 11.7 Å². The van der Waals surface area contributed by atoms with Gasteiger partial charge >= 0.3 is 6.09 Å². The molecule has 21 heavy (non-hydrogen) atoms. The summed E-state index contributed by atoms with van der Waals surface area (Å²) in [7, 11) is 0. The van der Waals surface area contributed by atoms with Crippen molar-refractivity contribution in [3.05, 3.63) is 17.2 Å². The van der Waals surface area contributed by atoms with E-state index in [1.54, 1.807) is 33.8 Å². The molecule has 1 heterocycles. The Kier molecular flexibility index (Phi) is 4.06. The number of carbonyl (C=O) groups is 2. The Morgan fingerprint density at radius 2 is 2.00 bits per heavy atom. The number of ether oxygens (including phenoxy) is 3. The first-order valence-electron chi connectivity index (χ1n) is 6.70. The maximum atomic E-state index is 11.9. The van der Waals surface area contributed by atoms with Crippen molar-refractivity contribution in [1.82, 2.24) is 0 Å². The summed E-state index contributed by atoms with van der Waals surface area (Å²) in [4.78, 5) is 23.1. The van der Waals surface area contributed by atoms with Crippen LogP contribution in [0, 0.1) is 6.92 Å². The van der Waals surface area contributed by atoms with E-state index in [0.717, 1.165) is 0 Å². The van der Waals surface area contributed by atoms with E-state index >= 15 is 0 Å². The zero-order valence-electron chi connectivity index (χ0n) is 12.6. The molecule has 2 rings (SSSR count). The fourth-order valence-electron chi connectivity index (χ4n) is 1.98. The van der Waals surface area contributed by atoms with Gasteiger partial charge in [0.25, 0.3) is 0 Å². The lowest BCUT2D eigenvalue weighted by atomic mass is 10.1. The molecule has 0 aliphatic carbocycles. The average Bonchev–Trinajstić information content (AvgIpc) is 2.39. The largest absolute Gasteiger partial charge is 0.486 e. The number of carbonyl (C=O) groups excluding carboxylic acids is 2. The van der Waals surface area contributed by atoms with Gasteiger partial charge in [0.1, 0.15) is 18.8 Å². The summed E-state index contributed by atoms with van der Waals surface area (Å²) in [6.45, 7) is 7.84. The minimum atomic E-state index is -0.613. The number of amides is 1. The Morgan fingerprint density at radius 1 is 1.33 bits per heavy atom. The van der Waals surface area contributed by atoms with Gasteiger partial charge in [-0.3, -0.25) is 10.1 Å². The van der Waals surface area contributed by atoms with Gasteiger partial charge in [-0.2, -0.15) is 0 Å². The standard InChI is InChI=1S/C15H19NO5/c1-9-10(8-17)7-11-13(20-6-5-19-11)12(9)16-14(18)21-15(2,3)4/h7-8H,5-6H2,1-4H3,(H,16,18). The van der Waals surface area contributed by atoms with Crippen LogP contribution in [-0.4, -0.2) is 31.2 Å². The van der Waals surface area contributed by atoms with Gasteiger partial charge in [0.15, 0.2) is 17.8 Å². The third kappa shape index (κ3) is 3.45. The maximum absolute atomic E-state index is 11.9. The Morgan fingerprint density at radius 3 is 2.62 bits per heavy atom. The topological polar surface area (TPSA) is 73.9 Å². The monoisotopic (exact) mass is 293 g/mol. The molecule has 1 aliphatic heterocycles. The van der Waals surface area contributed by atoms with Gasteiger partial charge in [0.05, 0.1) is 5.69 Å². The zero-order chi connectivity index (χ0) is 15.6. The number of rotatable bonds is 2. The highest BCUT2D eigenvalue weighted by Gasteiger charge is 2.24. The quantitative estimate of drug-likeness (QED) is 0.849. The van der Waals surface area contributed by atoms with Crippen molar-refractivity contribution < 1.29 is 23.8 Å². The normalized spacial score (nSPS) is 13.5. The van der Waals surface area contributed by atoms with E-state index in [2.05, 4.69) is 5.32 Å². The molecule has 0 unspecified atom stereocenters. The zero-order valence-corrected chi connectivity index (χ0v) is 12.6. The smallest absolute Gasteiger partial charge is 0.412 e. The van der Waals surface area contributed by atoms with Gasteiger partial charge in [0.2, 0.25) is 0 Å². The van der Waals surface area contributed by atoms with Crippen molar-refractivity contribution in [1.29, 1.82) is 0 Å². The molecule has 0 atom stereocenters. The van der Waals surface area contributed by atoms with Gasteiger partial charge in [-0.1, -0.05) is 0 Å². The highest BCUT2D eigenvalue weighted by Crippen LogP contribution is 2.41. The van der Waals surface area contributed by atoms with Crippen molar-refractivity contribution >= 4 is 18.1 Å². The lowest BCUT2D eigenvalue weighted by Crippen LogP contribution is -2.28. The molecule has 1 amide bonds. The molecule has 0 saturated heterocycles. The van der Waals surface area contributed by atoms with Crippen molar-refractivity contribution in [2.75, 3.05) is 18.5 Å². The molecule has 0 fully saturated rings. The fourth-order valence-corrected chi connectivity index (χ4v) is 1.98. The van der Waals surface area contributed by atoms with Gasteiger partial charge in [-0.05, 0) is 39.3 Å². The van der Waals surface area contributed by atoms with Crippen molar-refractivity contribution in [3.8, 4) is 11.5 Å². The van der Waals surface area contributed by atoms with Gasteiger partial charge < -0.3 is 14.2 Å². The first-order valence-corrected chi connectivity index (χ1v) is 6.70. The molecular formula is C15H19NO5. The van der Waals surface area contributed by atoms with Crippen LogP contribution in [0.25, 0.3) is 0 Å².